The fourth-order valence-corrected chi connectivity index (χ4v) is 2.56. The molecule has 0 bridgehead atoms. The molecule has 0 radical (unpaired) electrons. The Kier molecular flexibility index (Phi) is 3.93. The van der Waals surface area contributed by atoms with Gasteiger partial charge in [0.15, 0.2) is 6.29 Å². The number of carbonyl (C=O) groups is 1. The number of aldehydes is 1. The molecule has 0 spiro atoms. The summed E-state index contributed by atoms with van der Waals surface area (Å²) in [6.45, 7) is 1.14. The van der Waals surface area contributed by atoms with Gasteiger partial charge in [0, 0.05) is 22.7 Å². The van der Waals surface area contributed by atoms with Crippen molar-refractivity contribution in [2.24, 2.45) is 0 Å². The molecule has 0 aliphatic rings. The summed E-state index contributed by atoms with van der Waals surface area (Å²) in [5.41, 5.74) is 1.73. The van der Waals surface area contributed by atoms with Crippen molar-refractivity contribution in [1.29, 1.82) is 0 Å². The van der Waals surface area contributed by atoms with Crippen LogP contribution >= 0.6 is 11.6 Å². The van der Waals surface area contributed by atoms with Gasteiger partial charge in [-0.2, -0.15) is 0 Å². The van der Waals surface area contributed by atoms with Gasteiger partial charge in [-0.05, 0) is 18.2 Å². The van der Waals surface area contributed by atoms with E-state index in [1.807, 2.05) is 53.2 Å². The summed E-state index contributed by atoms with van der Waals surface area (Å²) in [6.07, 6.45) is 2.74. The fraction of sp³-hybridized carbons (Fsp3) is 0.118. The molecule has 0 fully saturated rings. The van der Waals surface area contributed by atoms with E-state index < -0.39 is 0 Å². The zero-order valence-corrected chi connectivity index (χ0v) is 12.1. The standard InChI is InChI=1S/C17H14ClNO2/c18-15-6-2-4-8-17(15)21-10-9-19-11-13(12-20)14-5-1-3-7-16(14)19/h1-8,11-12H,9-10H2. The quantitative estimate of drug-likeness (QED) is 0.662. The van der Waals surface area contributed by atoms with E-state index in [2.05, 4.69) is 0 Å². The van der Waals surface area contributed by atoms with Gasteiger partial charge in [-0.15, -0.1) is 0 Å². The Morgan fingerprint density at radius 2 is 1.86 bits per heavy atom. The first kappa shape index (κ1) is 13.7. The second-order valence-corrected chi connectivity index (χ2v) is 5.10. The highest BCUT2D eigenvalue weighted by Crippen LogP contribution is 2.24. The summed E-state index contributed by atoms with van der Waals surface area (Å²) in [4.78, 5) is 11.1. The summed E-state index contributed by atoms with van der Waals surface area (Å²) in [7, 11) is 0. The molecule has 0 N–H and O–H groups in total. The molecule has 21 heavy (non-hydrogen) atoms. The molecule has 3 rings (SSSR count). The van der Waals surface area contributed by atoms with Crippen molar-refractivity contribution in [2.75, 3.05) is 6.61 Å². The van der Waals surface area contributed by atoms with Crippen molar-refractivity contribution < 1.29 is 9.53 Å². The first-order valence-electron chi connectivity index (χ1n) is 6.70. The molecule has 3 nitrogen and oxygen atoms in total. The molecule has 0 aliphatic heterocycles. The molecular formula is C17H14ClNO2. The summed E-state index contributed by atoms with van der Waals surface area (Å²) in [6, 6.07) is 15.2. The van der Waals surface area contributed by atoms with Crippen LogP contribution in [0.4, 0.5) is 0 Å². The smallest absolute Gasteiger partial charge is 0.152 e. The molecule has 0 saturated carbocycles. The number of hydrogen-bond acceptors (Lipinski definition) is 2. The molecule has 0 saturated heterocycles. The lowest BCUT2D eigenvalue weighted by atomic mass is 10.2. The molecule has 1 aromatic heterocycles. The number of aromatic nitrogens is 1. The van der Waals surface area contributed by atoms with Gasteiger partial charge in [-0.3, -0.25) is 4.79 Å². The van der Waals surface area contributed by atoms with E-state index in [9.17, 15) is 4.79 Å². The van der Waals surface area contributed by atoms with Crippen LogP contribution in [-0.4, -0.2) is 17.5 Å². The van der Waals surface area contributed by atoms with Crippen LogP contribution in [0.25, 0.3) is 10.9 Å². The molecule has 0 atom stereocenters. The molecule has 1 heterocycles. The minimum absolute atomic E-state index is 0.487. The third-order valence-electron chi connectivity index (χ3n) is 3.37. The van der Waals surface area contributed by atoms with Crippen molar-refractivity contribution in [1.82, 2.24) is 4.57 Å². The molecule has 0 aliphatic carbocycles. The number of nitrogens with zero attached hydrogens (tertiary/aromatic N) is 1. The maximum atomic E-state index is 11.1. The van der Waals surface area contributed by atoms with Gasteiger partial charge in [0.25, 0.3) is 0 Å². The Hall–Kier alpha value is -2.26. The predicted molar refractivity (Wildman–Crippen MR) is 84.3 cm³/mol. The van der Waals surface area contributed by atoms with E-state index in [0.29, 0.717) is 29.5 Å². The van der Waals surface area contributed by atoms with Gasteiger partial charge in [0.1, 0.15) is 12.4 Å². The van der Waals surface area contributed by atoms with Crippen LogP contribution in [0.5, 0.6) is 5.75 Å². The van der Waals surface area contributed by atoms with E-state index in [1.54, 1.807) is 6.07 Å². The third kappa shape index (κ3) is 2.78. The van der Waals surface area contributed by atoms with E-state index >= 15 is 0 Å². The molecular weight excluding hydrogens is 286 g/mol. The van der Waals surface area contributed by atoms with Crippen LogP contribution in [0.15, 0.2) is 54.7 Å². The van der Waals surface area contributed by atoms with Gasteiger partial charge >= 0.3 is 0 Å². The minimum atomic E-state index is 0.487. The maximum absolute atomic E-state index is 11.1. The van der Waals surface area contributed by atoms with Gasteiger partial charge in [-0.25, -0.2) is 0 Å². The first-order chi connectivity index (χ1) is 10.3. The third-order valence-corrected chi connectivity index (χ3v) is 3.69. The average Bonchev–Trinajstić information content (AvgIpc) is 2.88. The van der Waals surface area contributed by atoms with Gasteiger partial charge in [-0.1, -0.05) is 41.9 Å². The van der Waals surface area contributed by atoms with Crippen LogP contribution < -0.4 is 4.74 Å². The van der Waals surface area contributed by atoms with Gasteiger partial charge in [0.2, 0.25) is 0 Å². The van der Waals surface area contributed by atoms with Gasteiger partial charge < -0.3 is 9.30 Å². The van der Waals surface area contributed by atoms with E-state index in [4.69, 9.17) is 16.3 Å². The lowest BCUT2D eigenvalue weighted by molar-refractivity contribution is 0.112. The topological polar surface area (TPSA) is 31.2 Å². The number of hydrogen-bond donors (Lipinski definition) is 0. The van der Waals surface area contributed by atoms with Gasteiger partial charge in [0.05, 0.1) is 11.6 Å². The Labute approximate surface area is 127 Å². The number of halogens is 1. The zero-order chi connectivity index (χ0) is 14.7. The van der Waals surface area contributed by atoms with Crippen molar-refractivity contribution in [3.63, 3.8) is 0 Å². The monoisotopic (exact) mass is 299 g/mol. The van der Waals surface area contributed by atoms with Crippen LogP contribution in [0.2, 0.25) is 5.02 Å². The second-order valence-electron chi connectivity index (χ2n) is 4.69. The number of ether oxygens (including phenoxy) is 1. The second kappa shape index (κ2) is 6.02. The number of carbonyl (C=O) groups excluding carboxylic acids is 1. The SMILES string of the molecule is O=Cc1cn(CCOc2ccccc2Cl)c2ccccc12. The summed E-state index contributed by atoms with van der Waals surface area (Å²) >= 11 is 6.05. The highest BCUT2D eigenvalue weighted by molar-refractivity contribution is 6.32. The Morgan fingerprint density at radius 1 is 1.10 bits per heavy atom. The molecule has 3 aromatic rings. The largest absolute Gasteiger partial charge is 0.490 e. The summed E-state index contributed by atoms with van der Waals surface area (Å²) in [5, 5.41) is 1.56. The first-order valence-corrected chi connectivity index (χ1v) is 7.08. The summed E-state index contributed by atoms with van der Waals surface area (Å²) in [5.74, 6) is 0.672. The van der Waals surface area contributed by atoms with E-state index in [0.717, 1.165) is 17.2 Å². The molecule has 0 unspecified atom stereocenters. The number of fused-ring (bicyclic) bond motifs is 1. The Balaban J connectivity index is 1.77. The highest BCUT2D eigenvalue weighted by atomic mass is 35.5. The number of rotatable bonds is 5. The summed E-state index contributed by atoms with van der Waals surface area (Å²) < 4.78 is 7.72. The van der Waals surface area contributed by atoms with Crippen LogP contribution in [0.3, 0.4) is 0 Å². The predicted octanol–water partition coefficient (Wildman–Crippen LogP) is 4.19. The van der Waals surface area contributed by atoms with Crippen LogP contribution in [0, 0.1) is 0 Å². The fourth-order valence-electron chi connectivity index (χ4n) is 2.37. The van der Waals surface area contributed by atoms with Crippen molar-refractivity contribution >= 4 is 28.8 Å². The molecule has 2 aromatic carbocycles. The highest BCUT2D eigenvalue weighted by Gasteiger charge is 2.07. The lowest BCUT2D eigenvalue weighted by Gasteiger charge is -2.09. The normalized spacial score (nSPS) is 10.7. The Bertz CT molecular complexity index is 779. The molecule has 106 valence electrons. The van der Waals surface area contributed by atoms with Crippen molar-refractivity contribution in [2.45, 2.75) is 6.54 Å². The number of para-hydroxylation sites is 2. The zero-order valence-electron chi connectivity index (χ0n) is 11.3. The maximum Gasteiger partial charge on any atom is 0.152 e. The van der Waals surface area contributed by atoms with Crippen LogP contribution in [0.1, 0.15) is 10.4 Å². The van der Waals surface area contributed by atoms with E-state index in [1.165, 1.54) is 0 Å². The average molecular weight is 300 g/mol. The van der Waals surface area contributed by atoms with E-state index in [-0.39, 0.29) is 0 Å². The van der Waals surface area contributed by atoms with Crippen LogP contribution in [-0.2, 0) is 6.54 Å². The molecule has 0 amide bonds. The van der Waals surface area contributed by atoms with Crippen molar-refractivity contribution in [3.8, 4) is 5.75 Å². The molecule has 4 heteroatoms. The minimum Gasteiger partial charge on any atom is -0.490 e. The van der Waals surface area contributed by atoms with Crippen molar-refractivity contribution in [3.05, 3.63) is 65.3 Å². The lowest BCUT2D eigenvalue weighted by Crippen LogP contribution is -2.07. The Morgan fingerprint density at radius 3 is 2.67 bits per heavy atom. The number of benzene rings is 2.